The van der Waals surface area contributed by atoms with Crippen molar-refractivity contribution >= 4 is 17.9 Å². The molecule has 1 atom stereocenters. The average molecular weight is 861 g/mol. The monoisotopic (exact) mass is 861 g/mol. The topological polar surface area (TPSA) is 78.9 Å². The molecule has 6 nitrogen and oxygen atoms in total. The van der Waals surface area contributed by atoms with E-state index in [-0.39, 0.29) is 31.1 Å². The van der Waals surface area contributed by atoms with Gasteiger partial charge in [0, 0.05) is 19.3 Å². The number of carbonyl (C=O) groups is 3. The first kappa shape index (κ1) is 59.1. The molecule has 0 aromatic heterocycles. The average Bonchev–Trinajstić information content (AvgIpc) is 3.26. The quantitative estimate of drug-likeness (QED) is 0.0262. The molecule has 1 unspecified atom stereocenters. The van der Waals surface area contributed by atoms with Crippen molar-refractivity contribution in [1.29, 1.82) is 0 Å². The number of hydrogen-bond donors (Lipinski definition) is 0. The maximum Gasteiger partial charge on any atom is 0.306 e. The van der Waals surface area contributed by atoms with Gasteiger partial charge in [-0.15, -0.1) is 0 Å². The van der Waals surface area contributed by atoms with Crippen LogP contribution in [-0.2, 0) is 28.6 Å². The highest BCUT2D eigenvalue weighted by Gasteiger charge is 2.19. The van der Waals surface area contributed by atoms with E-state index in [1.165, 1.54) is 193 Å². The number of allylic oxidation sites excluding steroid dienone is 2. The molecule has 61 heavy (non-hydrogen) atoms. The Kier molecular flexibility index (Phi) is 49.3. The van der Waals surface area contributed by atoms with Crippen LogP contribution in [-0.4, -0.2) is 37.2 Å². The van der Waals surface area contributed by atoms with E-state index in [0.717, 1.165) is 70.6 Å². The molecule has 360 valence electrons. The molecule has 0 rings (SSSR count). The molecule has 0 aromatic rings. The Morgan fingerprint density at radius 3 is 0.885 bits per heavy atom. The van der Waals surface area contributed by atoms with Crippen LogP contribution in [0.1, 0.15) is 303 Å². The number of carbonyl (C=O) groups excluding carboxylic acids is 3. The van der Waals surface area contributed by atoms with Gasteiger partial charge in [-0.3, -0.25) is 14.4 Å². The second-order valence-electron chi connectivity index (χ2n) is 18.5. The number of rotatable bonds is 50. The van der Waals surface area contributed by atoms with Crippen LogP contribution in [0.5, 0.6) is 0 Å². The summed E-state index contributed by atoms with van der Waals surface area (Å²) in [5, 5.41) is 0. The zero-order valence-corrected chi connectivity index (χ0v) is 41.2. The van der Waals surface area contributed by atoms with Crippen molar-refractivity contribution in [2.75, 3.05) is 13.2 Å². The minimum atomic E-state index is -0.766. The van der Waals surface area contributed by atoms with E-state index in [2.05, 4.69) is 32.9 Å². The van der Waals surface area contributed by atoms with Gasteiger partial charge in [0.15, 0.2) is 6.10 Å². The van der Waals surface area contributed by atoms with E-state index >= 15 is 0 Å². The maximum absolute atomic E-state index is 12.8. The predicted molar refractivity (Wildman–Crippen MR) is 261 cm³/mol. The molecule has 0 heterocycles. The lowest BCUT2D eigenvalue weighted by atomic mass is 10.0. The fraction of sp³-hybridized carbons (Fsp3) is 0.909. The predicted octanol–water partition coefficient (Wildman–Crippen LogP) is 17.8. The van der Waals surface area contributed by atoms with Crippen LogP contribution in [0.4, 0.5) is 0 Å². The Labute approximate surface area is 380 Å². The van der Waals surface area contributed by atoms with Gasteiger partial charge in [-0.05, 0) is 38.5 Å². The van der Waals surface area contributed by atoms with Gasteiger partial charge in [-0.25, -0.2) is 0 Å². The minimum Gasteiger partial charge on any atom is -0.462 e. The van der Waals surface area contributed by atoms with Gasteiger partial charge in [0.2, 0.25) is 0 Å². The number of esters is 3. The third-order valence-electron chi connectivity index (χ3n) is 12.3. The Morgan fingerprint density at radius 2 is 0.574 bits per heavy atom. The number of hydrogen-bond acceptors (Lipinski definition) is 6. The van der Waals surface area contributed by atoms with Crippen molar-refractivity contribution in [3.63, 3.8) is 0 Å². The van der Waals surface area contributed by atoms with Crippen LogP contribution in [0.15, 0.2) is 12.2 Å². The van der Waals surface area contributed by atoms with Gasteiger partial charge in [-0.2, -0.15) is 0 Å². The smallest absolute Gasteiger partial charge is 0.306 e. The zero-order valence-electron chi connectivity index (χ0n) is 41.2. The highest BCUT2D eigenvalue weighted by Crippen LogP contribution is 2.17. The Hall–Kier alpha value is -1.85. The summed E-state index contributed by atoms with van der Waals surface area (Å²) in [6, 6.07) is 0. The first-order valence-electron chi connectivity index (χ1n) is 27.2. The molecule has 0 bridgehead atoms. The minimum absolute atomic E-state index is 0.0671. The summed E-state index contributed by atoms with van der Waals surface area (Å²) < 4.78 is 16.8. The van der Waals surface area contributed by atoms with E-state index in [4.69, 9.17) is 14.2 Å². The second kappa shape index (κ2) is 50.8. The van der Waals surface area contributed by atoms with Crippen molar-refractivity contribution < 1.29 is 28.6 Å². The molecular formula is C55H104O6. The lowest BCUT2D eigenvalue weighted by Crippen LogP contribution is -2.30. The molecule has 0 saturated carbocycles. The first-order chi connectivity index (χ1) is 30.0. The van der Waals surface area contributed by atoms with Crippen LogP contribution in [0.2, 0.25) is 0 Å². The molecule has 0 N–H and O–H groups in total. The molecule has 0 amide bonds. The van der Waals surface area contributed by atoms with Crippen LogP contribution in [0.25, 0.3) is 0 Å². The standard InChI is InChI=1S/C55H104O6/c1-4-7-10-13-16-19-22-24-25-26-27-28-29-30-32-33-36-39-42-45-48-54(57)60-51-52(50-59-53(56)47-44-41-38-35-21-18-15-12-9-6-3)61-55(58)49-46-43-40-37-34-31-23-20-17-14-11-8-5-2/h12,15,52H,4-11,13-14,16-51H2,1-3H3/b15-12-. The number of unbranched alkanes of at least 4 members (excludes halogenated alkanes) is 37. The molecule has 0 fully saturated rings. The van der Waals surface area contributed by atoms with E-state index in [9.17, 15) is 14.4 Å². The van der Waals surface area contributed by atoms with Gasteiger partial charge in [0.1, 0.15) is 13.2 Å². The summed E-state index contributed by atoms with van der Waals surface area (Å²) in [5.41, 5.74) is 0. The van der Waals surface area contributed by atoms with Crippen molar-refractivity contribution in [2.24, 2.45) is 0 Å². The molecule has 6 heteroatoms. The fourth-order valence-corrected chi connectivity index (χ4v) is 8.15. The molecule has 0 spiro atoms. The summed E-state index contributed by atoms with van der Waals surface area (Å²) in [7, 11) is 0. The van der Waals surface area contributed by atoms with Crippen LogP contribution in [0.3, 0.4) is 0 Å². The van der Waals surface area contributed by atoms with Gasteiger partial charge in [-0.1, -0.05) is 258 Å². The Morgan fingerprint density at radius 1 is 0.311 bits per heavy atom. The van der Waals surface area contributed by atoms with Gasteiger partial charge in [0.25, 0.3) is 0 Å². The molecule has 0 aliphatic heterocycles. The highest BCUT2D eigenvalue weighted by molar-refractivity contribution is 5.71. The van der Waals surface area contributed by atoms with Gasteiger partial charge < -0.3 is 14.2 Å². The first-order valence-corrected chi connectivity index (χ1v) is 27.2. The van der Waals surface area contributed by atoms with Crippen LogP contribution < -0.4 is 0 Å². The Bertz CT molecular complexity index is 947. The van der Waals surface area contributed by atoms with E-state index in [0.29, 0.717) is 19.3 Å². The fourth-order valence-electron chi connectivity index (χ4n) is 8.15. The maximum atomic E-state index is 12.8. The van der Waals surface area contributed by atoms with Crippen LogP contribution in [0, 0.1) is 0 Å². The van der Waals surface area contributed by atoms with Gasteiger partial charge in [0.05, 0.1) is 0 Å². The third kappa shape index (κ3) is 49.0. The van der Waals surface area contributed by atoms with E-state index in [1.54, 1.807) is 0 Å². The molecule has 0 saturated heterocycles. The summed E-state index contributed by atoms with van der Waals surface area (Å²) >= 11 is 0. The number of ether oxygens (including phenoxy) is 3. The van der Waals surface area contributed by atoms with Crippen molar-refractivity contribution in [2.45, 2.75) is 309 Å². The summed E-state index contributed by atoms with van der Waals surface area (Å²) in [6.07, 6.45) is 56.4. The lowest BCUT2D eigenvalue weighted by molar-refractivity contribution is -0.167. The lowest BCUT2D eigenvalue weighted by Gasteiger charge is -2.18. The molecule has 0 aliphatic rings. The molecular weight excluding hydrogens is 757 g/mol. The van der Waals surface area contributed by atoms with E-state index < -0.39 is 6.10 Å². The van der Waals surface area contributed by atoms with Crippen molar-refractivity contribution in [1.82, 2.24) is 0 Å². The molecule has 0 aromatic carbocycles. The second-order valence-corrected chi connectivity index (χ2v) is 18.5. The normalized spacial score (nSPS) is 12.0. The SMILES string of the molecule is CCC/C=C\CCCCCCCC(=O)OCC(COC(=O)CCCCCCCCCCCCCCCCCCCCCC)OC(=O)CCCCCCCCCCCCCCC. The van der Waals surface area contributed by atoms with Crippen molar-refractivity contribution in [3.8, 4) is 0 Å². The van der Waals surface area contributed by atoms with Crippen LogP contribution >= 0.6 is 0 Å². The summed E-state index contributed by atoms with van der Waals surface area (Å²) in [4.78, 5) is 37.9. The molecule has 0 aliphatic carbocycles. The van der Waals surface area contributed by atoms with Crippen molar-refractivity contribution in [3.05, 3.63) is 12.2 Å². The van der Waals surface area contributed by atoms with Gasteiger partial charge >= 0.3 is 17.9 Å². The molecule has 0 radical (unpaired) electrons. The summed E-state index contributed by atoms with van der Waals surface area (Å²) in [5.74, 6) is -0.860. The third-order valence-corrected chi connectivity index (χ3v) is 12.3. The van der Waals surface area contributed by atoms with E-state index in [1.807, 2.05) is 0 Å². The summed E-state index contributed by atoms with van der Waals surface area (Å²) in [6.45, 7) is 6.61. The Balaban J connectivity index is 4.22. The highest BCUT2D eigenvalue weighted by atomic mass is 16.6. The largest absolute Gasteiger partial charge is 0.462 e. The zero-order chi connectivity index (χ0) is 44.4.